The maximum Gasteiger partial charge on any atom is 0.319 e. The SMILES string of the molecule is C[C@H]1COCCN1c1cc(C2(S(=O)(=O)c3ccccn3)CCCC2)nc(-c2ccc(NC(=O)NCCO)cc2)n1. The Hall–Kier alpha value is -3.61. The van der Waals surface area contributed by atoms with Crippen LogP contribution >= 0.6 is 0 Å². The molecule has 2 aliphatic rings. The van der Waals surface area contributed by atoms with Crippen LogP contribution in [-0.4, -0.2) is 73.5 Å². The predicted molar refractivity (Wildman–Crippen MR) is 151 cm³/mol. The molecule has 5 rings (SSSR count). The number of aliphatic hydroxyl groups excluding tert-OH is 1. The highest BCUT2D eigenvalue weighted by Crippen LogP contribution is 2.48. The van der Waals surface area contributed by atoms with Crippen LogP contribution in [0.5, 0.6) is 0 Å². The number of morpholine rings is 1. The maximum atomic E-state index is 14.2. The first-order chi connectivity index (χ1) is 19.3. The van der Waals surface area contributed by atoms with Gasteiger partial charge in [-0.2, -0.15) is 0 Å². The minimum Gasteiger partial charge on any atom is -0.395 e. The van der Waals surface area contributed by atoms with Gasteiger partial charge in [-0.25, -0.2) is 28.2 Å². The summed E-state index contributed by atoms with van der Waals surface area (Å²) in [5, 5.41) is 14.2. The van der Waals surface area contributed by atoms with Gasteiger partial charge in [-0.1, -0.05) is 18.9 Å². The summed E-state index contributed by atoms with van der Waals surface area (Å²) in [5.41, 5.74) is 1.72. The van der Waals surface area contributed by atoms with E-state index in [1.165, 1.54) is 6.20 Å². The van der Waals surface area contributed by atoms with Crippen LogP contribution in [0.4, 0.5) is 16.3 Å². The zero-order chi connectivity index (χ0) is 28.2. The number of carbonyl (C=O) groups excluding carboxylic acids is 1. The summed E-state index contributed by atoms with van der Waals surface area (Å²) in [6.07, 6.45) is 3.95. The lowest BCUT2D eigenvalue weighted by atomic mass is 10.0. The number of sulfone groups is 1. The third-order valence-corrected chi connectivity index (χ3v) is 9.92. The number of urea groups is 1. The monoisotopic (exact) mass is 566 g/mol. The Balaban J connectivity index is 1.58. The highest BCUT2D eigenvalue weighted by atomic mass is 32.2. The number of nitrogens with zero attached hydrogens (tertiary/aromatic N) is 4. The molecule has 3 aromatic rings. The number of nitrogens with one attached hydrogen (secondary N) is 2. The van der Waals surface area contributed by atoms with Gasteiger partial charge < -0.3 is 25.4 Å². The highest BCUT2D eigenvalue weighted by molar-refractivity contribution is 7.92. The van der Waals surface area contributed by atoms with Crippen molar-refractivity contribution in [3.05, 3.63) is 60.4 Å². The number of carbonyl (C=O) groups is 1. The van der Waals surface area contributed by atoms with Crippen LogP contribution in [-0.2, 0) is 19.3 Å². The summed E-state index contributed by atoms with van der Waals surface area (Å²) in [7, 11) is -3.86. The average molecular weight is 567 g/mol. The van der Waals surface area contributed by atoms with Gasteiger partial charge in [-0.15, -0.1) is 0 Å². The Bertz CT molecular complexity index is 1430. The van der Waals surface area contributed by atoms with Gasteiger partial charge in [0.05, 0.1) is 31.6 Å². The molecule has 3 heterocycles. The predicted octanol–water partition coefficient (Wildman–Crippen LogP) is 3.12. The molecule has 40 heavy (non-hydrogen) atoms. The third-order valence-electron chi connectivity index (χ3n) is 7.48. The Morgan fingerprint density at radius 1 is 1.15 bits per heavy atom. The number of hydrogen-bond acceptors (Lipinski definition) is 9. The lowest BCUT2D eigenvalue weighted by Crippen LogP contribution is -2.44. The molecule has 0 bridgehead atoms. The molecular weight excluding hydrogens is 532 g/mol. The molecule has 1 saturated heterocycles. The lowest BCUT2D eigenvalue weighted by Gasteiger charge is -2.35. The highest BCUT2D eigenvalue weighted by Gasteiger charge is 2.50. The summed E-state index contributed by atoms with van der Waals surface area (Å²) in [6, 6.07) is 13.5. The molecule has 2 fully saturated rings. The van der Waals surface area contributed by atoms with Gasteiger partial charge in [0.1, 0.15) is 10.6 Å². The van der Waals surface area contributed by atoms with Crippen molar-refractivity contribution in [3.8, 4) is 11.4 Å². The van der Waals surface area contributed by atoms with Gasteiger partial charge in [0.15, 0.2) is 10.9 Å². The van der Waals surface area contributed by atoms with E-state index >= 15 is 0 Å². The molecule has 0 spiro atoms. The second-order valence-corrected chi connectivity index (χ2v) is 12.3. The molecule has 1 atom stereocenters. The van der Waals surface area contributed by atoms with E-state index in [9.17, 15) is 13.2 Å². The molecule has 0 radical (unpaired) electrons. The van der Waals surface area contributed by atoms with Gasteiger partial charge in [0.2, 0.25) is 9.84 Å². The molecule has 0 unspecified atom stereocenters. The van der Waals surface area contributed by atoms with E-state index in [2.05, 4.69) is 27.4 Å². The number of benzene rings is 1. The van der Waals surface area contributed by atoms with Gasteiger partial charge >= 0.3 is 6.03 Å². The first kappa shape index (κ1) is 27.9. The molecule has 12 heteroatoms. The van der Waals surface area contributed by atoms with Crippen LogP contribution in [0.3, 0.4) is 0 Å². The van der Waals surface area contributed by atoms with Crippen LogP contribution in [0.1, 0.15) is 38.3 Å². The quantitative estimate of drug-likeness (QED) is 0.374. The van der Waals surface area contributed by atoms with Crippen LogP contribution in [0.2, 0.25) is 0 Å². The van der Waals surface area contributed by atoms with Crippen LogP contribution in [0.25, 0.3) is 11.4 Å². The number of aliphatic hydroxyl groups is 1. The van der Waals surface area contributed by atoms with Crippen LogP contribution in [0, 0.1) is 0 Å². The van der Waals surface area contributed by atoms with E-state index < -0.39 is 20.6 Å². The standard InChI is InChI=1S/C28H34N6O5S/c1-20-19-39-17-15-34(20)24-18-23(28(11-3-4-12-28)40(37,38)25-6-2-5-13-29-25)32-26(33-24)21-7-9-22(10-8-21)31-27(36)30-14-16-35/h2,5-10,13,18,20,35H,3-4,11-12,14-17,19H2,1H3,(H2,30,31,36)/t20-/m0/s1. The van der Waals surface area contributed by atoms with Crippen LogP contribution in [0.15, 0.2) is 59.8 Å². The molecule has 1 aliphatic heterocycles. The summed E-state index contributed by atoms with van der Waals surface area (Å²) in [4.78, 5) is 28.1. The van der Waals surface area contributed by atoms with Gasteiger partial charge in [0.25, 0.3) is 0 Å². The van der Waals surface area contributed by atoms with E-state index in [0.717, 1.165) is 12.8 Å². The average Bonchev–Trinajstić information content (AvgIpc) is 3.49. The Labute approximate surface area is 233 Å². The van der Waals surface area contributed by atoms with Crippen molar-refractivity contribution in [2.24, 2.45) is 0 Å². The number of aromatic nitrogens is 3. The molecule has 3 N–H and O–H groups in total. The number of anilines is 2. The number of hydrogen-bond donors (Lipinski definition) is 3. The van der Waals surface area contributed by atoms with Crippen molar-refractivity contribution < 1.29 is 23.1 Å². The number of rotatable bonds is 8. The largest absolute Gasteiger partial charge is 0.395 e. The fourth-order valence-corrected chi connectivity index (χ4v) is 7.44. The van der Waals surface area contributed by atoms with Crippen molar-refractivity contribution in [1.29, 1.82) is 0 Å². The summed E-state index contributed by atoms with van der Waals surface area (Å²) < 4.78 is 32.7. The molecule has 1 aromatic carbocycles. The zero-order valence-electron chi connectivity index (χ0n) is 22.4. The molecule has 2 aromatic heterocycles. The van der Waals surface area contributed by atoms with Crippen molar-refractivity contribution in [3.63, 3.8) is 0 Å². The van der Waals surface area contributed by atoms with E-state index in [4.69, 9.17) is 19.8 Å². The first-order valence-corrected chi connectivity index (χ1v) is 15.0. The van der Waals surface area contributed by atoms with Crippen molar-refractivity contribution in [1.82, 2.24) is 20.3 Å². The second-order valence-electron chi connectivity index (χ2n) is 10.1. The molecule has 2 amide bonds. The lowest BCUT2D eigenvalue weighted by molar-refractivity contribution is 0.0985. The minimum atomic E-state index is -3.86. The smallest absolute Gasteiger partial charge is 0.319 e. The Kier molecular flexibility index (Phi) is 8.29. The molecule has 212 valence electrons. The number of pyridine rings is 1. The molecular formula is C28H34N6O5S. The van der Waals surface area contributed by atoms with E-state index in [1.807, 2.05) is 6.07 Å². The molecule has 1 aliphatic carbocycles. The maximum absolute atomic E-state index is 14.2. The van der Waals surface area contributed by atoms with E-state index in [1.54, 1.807) is 42.5 Å². The van der Waals surface area contributed by atoms with E-state index in [-0.39, 0.29) is 24.2 Å². The second kappa shape index (κ2) is 11.9. The normalized spacial score (nSPS) is 18.9. The summed E-state index contributed by atoms with van der Waals surface area (Å²) >= 11 is 0. The minimum absolute atomic E-state index is 0.0493. The molecule has 11 nitrogen and oxygen atoms in total. The van der Waals surface area contributed by atoms with Gasteiger partial charge in [-0.3, -0.25) is 0 Å². The Morgan fingerprint density at radius 2 is 1.93 bits per heavy atom. The van der Waals surface area contributed by atoms with Crippen molar-refractivity contribution in [2.45, 2.75) is 48.4 Å². The summed E-state index contributed by atoms with van der Waals surface area (Å²) in [6.45, 7) is 3.78. The fourth-order valence-electron chi connectivity index (χ4n) is 5.37. The Morgan fingerprint density at radius 3 is 2.60 bits per heavy atom. The summed E-state index contributed by atoms with van der Waals surface area (Å²) in [5.74, 6) is 1.06. The van der Waals surface area contributed by atoms with Gasteiger partial charge in [-0.05, 0) is 56.2 Å². The first-order valence-electron chi connectivity index (χ1n) is 13.5. The van der Waals surface area contributed by atoms with Crippen molar-refractivity contribution >= 4 is 27.4 Å². The zero-order valence-corrected chi connectivity index (χ0v) is 23.2. The molecule has 1 saturated carbocycles. The third kappa shape index (κ3) is 5.51. The van der Waals surface area contributed by atoms with E-state index in [0.29, 0.717) is 61.2 Å². The van der Waals surface area contributed by atoms with Crippen LogP contribution < -0.4 is 15.5 Å². The number of ether oxygens (including phenoxy) is 1. The topological polar surface area (TPSA) is 147 Å². The fraction of sp³-hybridized carbons (Fsp3) is 0.429. The van der Waals surface area contributed by atoms with Gasteiger partial charge in [0, 0.05) is 36.6 Å². The van der Waals surface area contributed by atoms with Crippen molar-refractivity contribution in [2.75, 3.05) is 43.1 Å². The number of amides is 2.